The van der Waals surface area contributed by atoms with Gasteiger partial charge in [-0.25, -0.2) is 0 Å². The highest BCUT2D eigenvalue weighted by atomic mass is 15.1. The summed E-state index contributed by atoms with van der Waals surface area (Å²) in [7, 11) is 0. The Balaban J connectivity index is 0.985. The topological polar surface area (TPSA) is 3.24 Å². The molecule has 11 rings (SSSR count). The van der Waals surface area contributed by atoms with Gasteiger partial charge in [0.25, 0.3) is 0 Å². The van der Waals surface area contributed by atoms with Gasteiger partial charge in [0.05, 0.1) is 0 Å². The third-order valence-electron chi connectivity index (χ3n) is 12.9. The van der Waals surface area contributed by atoms with Gasteiger partial charge >= 0.3 is 0 Å². The number of hydrogen-bond donors (Lipinski definition) is 0. The molecule has 1 nitrogen and oxygen atoms in total. The van der Waals surface area contributed by atoms with Crippen LogP contribution in [0, 0.1) is 0 Å². The Hall–Kier alpha value is -7.74. The number of fused-ring (bicyclic) bond motifs is 4. The van der Waals surface area contributed by atoms with E-state index in [9.17, 15) is 0 Å². The van der Waals surface area contributed by atoms with E-state index < -0.39 is 0 Å². The van der Waals surface area contributed by atoms with Crippen LogP contribution >= 0.6 is 0 Å². The Labute approximate surface area is 364 Å². The van der Waals surface area contributed by atoms with Gasteiger partial charge in [-0.1, -0.05) is 202 Å². The van der Waals surface area contributed by atoms with Crippen molar-refractivity contribution in [1.29, 1.82) is 0 Å². The number of hydrogen-bond acceptors (Lipinski definition) is 1. The van der Waals surface area contributed by atoms with E-state index in [0.29, 0.717) is 0 Å². The lowest BCUT2D eigenvalue weighted by Gasteiger charge is -2.27. The number of nitrogens with zero attached hydrogens (tertiary/aromatic N) is 1. The van der Waals surface area contributed by atoms with Gasteiger partial charge in [0, 0.05) is 22.5 Å². The van der Waals surface area contributed by atoms with Crippen molar-refractivity contribution in [3.05, 3.63) is 248 Å². The molecular weight excluding hydrogens is 747 g/mol. The maximum atomic E-state index is 2.41. The first-order chi connectivity index (χ1) is 30.5. The van der Waals surface area contributed by atoms with Gasteiger partial charge in [-0.3, -0.25) is 0 Å². The summed E-state index contributed by atoms with van der Waals surface area (Å²) in [5.74, 6) is 0. The van der Waals surface area contributed by atoms with Crippen molar-refractivity contribution in [3.8, 4) is 66.8 Å². The molecule has 0 bridgehead atoms. The summed E-state index contributed by atoms with van der Waals surface area (Å²) in [5.41, 5.74) is 20.7. The quantitative estimate of drug-likeness (QED) is 0.148. The summed E-state index contributed by atoms with van der Waals surface area (Å²) >= 11 is 0. The van der Waals surface area contributed by atoms with Crippen molar-refractivity contribution in [2.75, 3.05) is 4.90 Å². The molecule has 0 spiro atoms. The summed E-state index contributed by atoms with van der Waals surface area (Å²) in [6.07, 6.45) is 0. The minimum Gasteiger partial charge on any atom is -0.310 e. The highest BCUT2D eigenvalue weighted by molar-refractivity contribution is 5.97. The first kappa shape index (κ1) is 37.3. The maximum absolute atomic E-state index is 2.41. The molecular formula is C61H45N. The molecule has 0 saturated heterocycles. The monoisotopic (exact) mass is 791 g/mol. The molecule has 0 aromatic heterocycles. The highest BCUT2D eigenvalue weighted by Gasteiger charge is 2.35. The third kappa shape index (κ3) is 6.69. The number of rotatable bonds is 8. The van der Waals surface area contributed by atoms with Crippen LogP contribution < -0.4 is 4.90 Å². The molecule has 0 unspecified atom stereocenters. The largest absolute Gasteiger partial charge is 0.310 e. The lowest BCUT2D eigenvalue weighted by atomic mass is 9.81. The molecule has 0 radical (unpaired) electrons. The van der Waals surface area contributed by atoms with Gasteiger partial charge in [0.2, 0.25) is 0 Å². The second kappa shape index (κ2) is 15.4. The zero-order valence-corrected chi connectivity index (χ0v) is 35.0. The second-order valence-corrected chi connectivity index (χ2v) is 17.0. The van der Waals surface area contributed by atoms with Crippen molar-refractivity contribution >= 4 is 27.8 Å². The Kier molecular flexibility index (Phi) is 9.24. The van der Waals surface area contributed by atoms with Crippen LogP contribution in [-0.4, -0.2) is 0 Å². The average Bonchev–Trinajstić information content (AvgIpc) is 3.57. The van der Waals surface area contributed by atoms with E-state index in [2.05, 4.69) is 255 Å². The summed E-state index contributed by atoms with van der Waals surface area (Å²) in [6, 6.07) is 86.6. The first-order valence-corrected chi connectivity index (χ1v) is 21.6. The van der Waals surface area contributed by atoms with Crippen LogP contribution in [0.5, 0.6) is 0 Å². The Morgan fingerprint density at radius 2 is 0.726 bits per heavy atom. The van der Waals surface area contributed by atoms with Crippen LogP contribution in [0.2, 0.25) is 0 Å². The van der Waals surface area contributed by atoms with Crippen LogP contribution in [0.3, 0.4) is 0 Å². The van der Waals surface area contributed by atoms with Gasteiger partial charge in [0.1, 0.15) is 0 Å². The van der Waals surface area contributed by atoms with Gasteiger partial charge in [-0.05, 0) is 137 Å². The minimum absolute atomic E-state index is 0.0506. The van der Waals surface area contributed by atoms with Crippen LogP contribution in [0.15, 0.2) is 237 Å². The zero-order valence-electron chi connectivity index (χ0n) is 35.0. The molecule has 0 N–H and O–H groups in total. The van der Waals surface area contributed by atoms with Crippen LogP contribution in [0.25, 0.3) is 77.5 Å². The molecule has 10 aromatic rings. The first-order valence-electron chi connectivity index (χ1n) is 21.6. The van der Waals surface area contributed by atoms with Crippen molar-refractivity contribution in [2.24, 2.45) is 0 Å². The SMILES string of the molecule is CC1(C)c2ccccc2-c2ccc(-c3ccc(N(c4cccc(-c5ccc(-c6ccccc6)cc5)c4)c4cccc(-c5cccc(-c6cccc7ccccc67)c5)c4)cc3)cc21. The van der Waals surface area contributed by atoms with Gasteiger partial charge in [-0.15, -0.1) is 0 Å². The lowest BCUT2D eigenvalue weighted by Crippen LogP contribution is -2.14. The fourth-order valence-electron chi connectivity index (χ4n) is 9.61. The number of anilines is 3. The third-order valence-corrected chi connectivity index (χ3v) is 12.9. The fraction of sp³-hybridized carbons (Fsp3) is 0.0492. The van der Waals surface area contributed by atoms with Gasteiger partial charge in [-0.2, -0.15) is 0 Å². The summed E-state index contributed by atoms with van der Waals surface area (Å²) < 4.78 is 0. The highest BCUT2D eigenvalue weighted by Crippen LogP contribution is 2.50. The van der Waals surface area contributed by atoms with E-state index >= 15 is 0 Å². The molecule has 0 saturated carbocycles. The smallest absolute Gasteiger partial charge is 0.0467 e. The fourth-order valence-corrected chi connectivity index (χ4v) is 9.61. The van der Waals surface area contributed by atoms with E-state index in [1.165, 1.54) is 88.7 Å². The van der Waals surface area contributed by atoms with Gasteiger partial charge in [0.15, 0.2) is 0 Å². The molecule has 0 amide bonds. The summed E-state index contributed by atoms with van der Waals surface area (Å²) in [6.45, 7) is 4.70. The van der Waals surface area contributed by atoms with Crippen molar-refractivity contribution in [3.63, 3.8) is 0 Å². The maximum Gasteiger partial charge on any atom is 0.0467 e. The Bertz CT molecular complexity index is 3240. The van der Waals surface area contributed by atoms with Crippen LogP contribution in [-0.2, 0) is 5.41 Å². The zero-order chi connectivity index (χ0) is 41.6. The normalized spacial score (nSPS) is 12.5. The molecule has 0 heterocycles. The second-order valence-electron chi connectivity index (χ2n) is 17.0. The molecule has 1 aliphatic rings. The van der Waals surface area contributed by atoms with Crippen LogP contribution in [0.4, 0.5) is 17.1 Å². The molecule has 10 aromatic carbocycles. The Morgan fingerprint density at radius 1 is 0.274 bits per heavy atom. The lowest BCUT2D eigenvalue weighted by molar-refractivity contribution is 0.660. The molecule has 1 heteroatoms. The van der Waals surface area contributed by atoms with E-state index in [0.717, 1.165) is 17.1 Å². The molecule has 62 heavy (non-hydrogen) atoms. The number of benzene rings is 10. The van der Waals surface area contributed by atoms with E-state index in [4.69, 9.17) is 0 Å². The van der Waals surface area contributed by atoms with Crippen molar-refractivity contribution in [2.45, 2.75) is 19.3 Å². The minimum atomic E-state index is -0.0506. The van der Waals surface area contributed by atoms with E-state index in [1.54, 1.807) is 0 Å². The molecule has 0 fully saturated rings. The molecule has 294 valence electrons. The summed E-state index contributed by atoms with van der Waals surface area (Å²) in [4.78, 5) is 2.39. The van der Waals surface area contributed by atoms with E-state index in [1.807, 2.05) is 0 Å². The molecule has 1 aliphatic carbocycles. The standard InChI is InChI=1S/C61H45N/c1-61(2)59-27-9-8-25-57(59)58-37-34-50(41-60(58)61)45-32-35-52(36-33-45)62(53-22-11-19-48(39-53)44-30-28-43(29-31-44)42-14-4-3-5-15-42)54-23-12-20-49(40-54)47-18-10-21-51(38-47)56-26-13-17-46-16-6-7-24-55(46)56/h3-41H,1-2H3. The van der Waals surface area contributed by atoms with Gasteiger partial charge < -0.3 is 4.90 Å². The van der Waals surface area contributed by atoms with Crippen LogP contribution in [0.1, 0.15) is 25.0 Å². The predicted octanol–water partition coefficient (Wildman–Crippen LogP) is 17.0. The molecule has 0 atom stereocenters. The average molecular weight is 792 g/mol. The predicted molar refractivity (Wildman–Crippen MR) is 263 cm³/mol. The van der Waals surface area contributed by atoms with Crippen molar-refractivity contribution < 1.29 is 0 Å². The summed E-state index contributed by atoms with van der Waals surface area (Å²) in [5, 5.41) is 2.51. The van der Waals surface area contributed by atoms with Crippen molar-refractivity contribution in [1.82, 2.24) is 0 Å². The Morgan fingerprint density at radius 3 is 1.47 bits per heavy atom. The van der Waals surface area contributed by atoms with E-state index in [-0.39, 0.29) is 5.41 Å². The molecule has 0 aliphatic heterocycles.